The minimum Gasteiger partial charge on any atom is -0.508 e. The molecule has 0 spiro atoms. The molecule has 1 fully saturated rings. The van der Waals surface area contributed by atoms with E-state index >= 15 is 0 Å². The third kappa shape index (κ3) is 9.52. The zero-order valence-electron chi connectivity index (χ0n) is 23.6. The van der Waals surface area contributed by atoms with Crippen molar-refractivity contribution in [1.29, 1.82) is 0 Å². The molecule has 43 heavy (non-hydrogen) atoms. The van der Waals surface area contributed by atoms with Gasteiger partial charge in [-0.25, -0.2) is 13.2 Å². The van der Waals surface area contributed by atoms with E-state index < -0.39 is 39.6 Å². The number of aryl methyl sites for hydroxylation is 1. The third-order valence-electron chi connectivity index (χ3n) is 7.00. The highest BCUT2D eigenvalue weighted by Gasteiger charge is 2.28. The van der Waals surface area contributed by atoms with Crippen LogP contribution in [0.25, 0.3) is 0 Å². The van der Waals surface area contributed by atoms with Gasteiger partial charge in [0.2, 0.25) is 5.91 Å². The van der Waals surface area contributed by atoms with Crippen LogP contribution < -0.4 is 10.6 Å². The number of benzene rings is 3. The Balaban J connectivity index is 1.54. The lowest BCUT2D eigenvalue weighted by Gasteiger charge is -2.29. The number of rotatable bonds is 12. The first kappa shape index (κ1) is 31.5. The van der Waals surface area contributed by atoms with E-state index in [2.05, 4.69) is 10.6 Å². The van der Waals surface area contributed by atoms with Crippen LogP contribution in [0, 0.1) is 0 Å². The number of morpholine rings is 1. The second-order valence-electron chi connectivity index (χ2n) is 10.1. The Morgan fingerprint density at radius 2 is 1.47 bits per heavy atom. The van der Waals surface area contributed by atoms with Gasteiger partial charge in [0.25, 0.3) is 0 Å². The van der Waals surface area contributed by atoms with Crippen LogP contribution in [0.3, 0.4) is 0 Å². The lowest BCUT2D eigenvalue weighted by Crippen LogP contribution is -2.56. The van der Waals surface area contributed by atoms with Crippen molar-refractivity contribution in [2.45, 2.75) is 36.2 Å². The molecule has 4 rings (SSSR count). The van der Waals surface area contributed by atoms with Crippen molar-refractivity contribution in [2.24, 2.45) is 0 Å². The van der Waals surface area contributed by atoms with Crippen LogP contribution in [0.15, 0.2) is 101 Å². The molecule has 0 bridgehead atoms. The molecule has 11 heteroatoms. The van der Waals surface area contributed by atoms with Gasteiger partial charge < -0.3 is 25.4 Å². The number of phenolic OH excluding ortho intramolecular Hbond substituents is 1. The van der Waals surface area contributed by atoms with Gasteiger partial charge in [0, 0.05) is 24.9 Å². The summed E-state index contributed by atoms with van der Waals surface area (Å²) in [6, 6.07) is 20.8. The minimum absolute atomic E-state index is 0.0451. The fraction of sp³-hybridized carbons (Fsp3) is 0.281. The SMILES string of the molecule is O=C(C=CS(=O)(=O)c1ccccc1)[C@H](CCc1ccccc1)NC(=O)[C@H](Cc1ccc(O)cc1)NC(=O)N1CCOCC1. The highest BCUT2D eigenvalue weighted by atomic mass is 32.2. The maximum Gasteiger partial charge on any atom is 0.318 e. The number of urea groups is 1. The topological polar surface area (TPSA) is 142 Å². The predicted molar refractivity (Wildman–Crippen MR) is 161 cm³/mol. The van der Waals surface area contributed by atoms with Gasteiger partial charge in [0.15, 0.2) is 15.6 Å². The molecule has 1 aliphatic rings. The summed E-state index contributed by atoms with van der Waals surface area (Å²) in [5.41, 5.74) is 1.62. The third-order valence-corrected chi connectivity index (χ3v) is 8.42. The molecule has 0 radical (unpaired) electrons. The number of sulfone groups is 1. The number of hydrogen-bond donors (Lipinski definition) is 3. The van der Waals surface area contributed by atoms with Gasteiger partial charge in [-0.05, 0) is 54.3 Å². The zero-order chi connectivity index (χ0) is 30.7. The van der Waals surface area contributed by atoms with E-state index in [1.807, 2.05) is 30.3 Å². The van der Waals surface area contributed by atoms with Gasteiger partial charge in [-0.1, -0.05) is 60.7 Å². The zero-order valence-corrected chi connectivity index (χ0v) is 24.4. The molecule has 3 amide bonds. The van der Waals surface area contributed by atoms with Crippen molar-refractivity contribution in [3.63, 3.8) is 0 Å². The quantitative estimate of drug-likeness (QED) is 0.270. The number of carbonyl (C=O) groups is 3. The lowest BCUT2D eigenvalue weighted by atomic mass is 10.0. The average Bonchev–Trinajstić information content (AvgIpc) is 3.03. The Hall–Kier alpha value is -4.48. The molecule has 3 aromatic carbocycles. The van der Waals surface area contributed by atoms with Crippen molar-refractivity contribution in [3.05, 3.63) is 108 Å². The molecule has 1 saturated heterocycles. The van der Waals surface area contributed by atoms with Gasteiger partial charge in [0.1, 0.15) is 11.8 Å². The van der Waals surface area contributed by atoms with E-state index in [-0.39, 0.29) is 23.5 Å². The maximum atomic E-state index is 13.7. The molecular formula is C32H35N3O7S. The number of aromatic hydroxyl groups is 1. The Bertz CT molecular complexity index is 1510. The smallest absolute Gasteiger partial charge is 0.318 e. The Morgan fingerprint density at radius 3 is 2.12 bits per heavy atom. The van der Waals surface area contributed by atoms with Crippen molar-refractivity contribution in [2.75, 3.05) is 26.3 Å². The standard InChI is InChI=1S/C32H35N3O7S/c36-26-14-11-25(12-15-26)23-29(34-32(39)35-18-20-42-21-19-35)31(38)33-28(16-13-24-7-3-1-4-8-24)30(37)17-22-43(40,41)27-9-5-2-6-10-27/h1-12,14-15,17,22,28-29,36H,13,16,18-21,23H2,(H,33,38)(H,34,39)/t28-,29-/m0/s1. The fourth-order valence-electron chi connectivity index (χ4n) is 4.56. The largest absolute Gasteiger partial charge is 0.508 e. The summed E-state index contributed by atoms with van der Waals surface area (Å²) < 4.78 is 30.8. The predicted octanol–water partition coefficient (Wildman–Crippen LogP) is 3.02. The molecule has 3 N–H and O–H groups in total. The number of phenols is 1. The number of carbonyl (C=O) groups excluding carboxylic acids is 3. The fourth-order valence-corrected chi connectivity index (χ4v) is 5.57. The molecular weight excluding hydrogens is 570 g/mol. The first-order valence-electron chi connectivity index (χ1n) is 14.0. The van der Waals surface area contributed by atoms with Crippen molar-refractivity contribution < 1.29 is 32.6 Å². The molecule has 226 valence electrons. The number of nitrogens with one attached hydrogen (secondary N) is 2. The van der Waals surface area contributed by atoms with Gasteiger partial charge in [-0.15, -0.1) is 0 Å². The molecule has 0 unspecified atom stereocenters. The number of amides is 3. The van der Waals surface area contributed by atoms with Crippen molar-refractivity contribution >= 4 is 27.6 Å². The molecule has 1 aliphatic heterocycles. The van der Waals surface area contributed by atoms with Crippen LogP contribution in [-0.2, 0) is 37.0 Å². The van der Waals surface area contributed by atoms with Crippen LogP contribution >= 0.6 is 0 Å². The molecule has 2 atom stereocenters. The maximum absolute atomic E-state index is 13.7. The van der Waals surface area contributed by atoms with Crippen LogP contribution in [0.5, 0.6) is 5.75 Å². The monoisotopic (exact) mass is 605 g/mol. The van der Waals surface area contributed by atoms with Crippen molar-refractivity contribution in [1.82, 2.24) is 15.5 Å². The van der Waals surface area contributed by atoms with Gasteiger partial charge in [-0.3, -0.25) is 9.59 Å². The van der Waals surface area contributed by atoms with Crippen LogP contribution in [0.4, 0.5) is 4.79 Å². The molecule has 3 aromatic rings. The minimum atomic E-state index is -3.88. The molecule has 10 nitrogen and oxygen atoms in total. The van der Waals surface area contributed by atoms with Gasteiger partial charge in [0.05, 0.1) is 24.2 Å². The highest BCUT2D eigenvalue weighted by molar-refractivity contribution is 7.94. The van der Waals surface area contributed by atoms with Crippen LogP contribution in [0.2, 0.25) is 0 Å². The van der Waals surface area contributed by atoms with Crippen LogP contribution in [-0.4, -0.2) is 74.5 Å². The molecule has 0 saturated carbocycles. The summed E-state index contributed by atoms with van der Waals surface area (Å²) in [7, 11) is -3.88. The van der Waals surface area contributed by atoms with E-state index in [1.165, 1.54) is 24.3 Å². The Labute approximate surface area is 251 Å². The van der Waals surface area contributed by atoms with Gasteiger partial charge in [-0.2, -0.15) is 0 Å². The lowest BCUT2D eigenvalue weighted by molar-refractivity contribution is -0.127. The summed E-state index contributed by atoms with van der Waals surface area (Å²) >= 11 is 0. The average molecular weight is 606 g/mol. The first-order chi connectivity index (χ1) is 20.7. The van der Waals surface area contributed by atoms with Crippen LogP contribution in [0.1, 0.15) is 17.5 Å². The molecule has 0 aliphatic carbocycles. The number of nitrogens with zero attached hydrogens (tertiary/aromatic N) is 1. The summed E-state index contributed by atoms with van der Waals surface area (Å²) in [5.74, 6) is -1.13. The molecule has 1 heterocycles. The Morgan fingerprint density at radius 1 is 0.837 bits per heavy atom. The van der Waals surface area contributed by atoms with E-state index in [0.29, 0.717) is 38.3 Å². The second-order valence-corrected chi connectivity index (χ2v) is 12.0. The molecule has 0 aromatic heterocycles. The number of ketones is 1. The van der Waals surface area contributed by atoms with E-state index in [9.17, 15) is 27.9 Å². The summed E-state index contributed by atoms with van der Waals surface area (Å²) in [4.78, 5) is 41.7. The van der Waals surface area contributed by atoms with Crippen molar-refractivity contribution in [3.8, 4) is 5.75 Å². The summed E-state index contributed by atoms with van der Waals surface area (Å²) in [5, 5.41) is 16.1. The van der Waals surface area contributed by atoms with E-state index in [4.69, 9.17) is 4.74 Å². The number of hydrogen-bond acceptors (Lipinski definition) is 7. The van der Waals surface area contributed by atoms with E-state index in [0.717, 1.165) is 17.0 Å². The normalized spacial score (nSPS) is 15.0. The first-order valence-corrected chi connectivity index (χ1v) is 15.5. The Kier molecular flexibility index (Phi) is 11.1. The second kappa shape index (κ2) is 15.1. The van der Waals surface area contributed by atoms with Gasteiger partial charge >= 0.3 is 6.03 Å². The summed E-state index contributed by atoms with van der Waals surface area (Å²) in [6.07, 6.45) is 1.72. The summed E-state index contributed by atoms with van der Waals surface area (Å²) in [6.45, 7) is 1.52. The number of ether oxygens (including phenoxy) is 1. The highest BCUT2D eigenvalue weighted by Crippen LogP contribution is 2.15. The van der Waals surface area contributed by atoms with E-state index in [1.54, 1.807) is 35.2 Å².